The summed E-state index contributed by atoms with van der Waals surface area (Å²) >= 11 is 0. The zero-order valence-corrected chi connectivity index (χ0v) is 13.4. The van der Waals surface area contributed by atoms with Gasteiger partial charge in [0.25, 0.3) is 5.91 Å². The van der Waals surface area contributed by atoms with Crippen LogP contribution in [0.5, 0.6) is 5.75 Å². The molecule has 0 atom stereocenters. The molecule has 1 aromatic heterocycles. The molecule has 5 nitrogen and oxygen atoms in total. The molecule has 5 heteroatoms. The summed E-state index contributed by atoms with van der Waals surface area (Å²) in [5.41, 5.74) is 3.64. The minimum Gasteiger partial charge on any atom is -0.497 e. The number of rotatable bonds is 5. The summed E-state index contributed by atoms with van der Waals surface area (Å²) in [7, 11) is 1.64. The van der Waals surface area contributed by atoms with E-state index in [4.69, 9.17) is 4.74 Å². The number of amides is 1. The molecule has 1 aliphatic rings. The fraction of sp³-hybridized carbons (Fsp3) is 0.333. The Kier molecular flexibility index (Phi) is 4.19. The van der Waals surface area contributed by atoms with Crippen LogP contribution in [0.25, 0.3) is 0 Å². The Morgan fingerprint density at radius 1 is 1.22 bits per heavy atom. The lowest BCUT2D eigenvalue weighted by Crippen LogP contribution is -2.40. The van der Waals surface area contributed by atoms with Crippen LogP contribution in [0.2, 0.25) is 0 Å². The van der Waals surface area contributed by atoms with Gasteiger partial charge in [0, 0.05) is 31.7 Å². The zero-order valence-electron chi connectivity index (χ0n) is 13.4. The summed E-state index contributed by atoms with van der Waals surface area (Å²) in [6, 6.07) is 9.70. The maximum absolute atomic E-state index is 12.8. The van der Waals surface area contributed by atoms with Crippen molar-refractivity contribution in [3.63, 3.8) is 0 Å². The van der Waals surface area contributed by atoms with Gasteiger partial charge >= 0.3 is 0 Å². The van der Waals surface area contributed by atoms with Gasteiger partial charge in [-0.3, -0.25) is 4.79 Å². The zero-order chi connectivity index (χ0) is 16.4. The second kappa shape index (κ2) is 6.28. The van der Waals surface area contributed by atoms with E-state index in [2.05, 4.69) is 0 Å². The van der Waals surface area contributed by atoms with E-state index >= 15 is 0 Å². The number of carbonyl (C=O) groups is 2. The molecule has 0 aliphatic carbocycles. The summed E-state index contributed by atoms with van der Waals surface area (Å²) < 4.78 is 7.14. The number of carbonyl (C=O) groups excluding carboxylic acids is 2. The molecule has 0 saturated heterocycles. The number of methoxy groups -OCH3 is 1. The fourth-order valence-electron chi connectivity index (χ4n) is 3.12. The first kappa shape index (κ1) is 15.3. The number of aryl methyl sites for hydroxylation is 1. The van der Waals surface area contributed by atoms with Crippen molar-refractivity contribution in [1.82, 2.24) is 9.47 Å². The monoisotopic (exact) mass is 312 g/mol. The van der Waals surface area contributed by atoms with Crippen molar-refractivity contribution in [2.24, 2.45) is 0 Å². The third-order valence-electron chi connectivity index (χ3n) is 4.28. The highest BCUT2D eigenvalue weighted by Gasteiger charge is 2.28. The van der Waals surface area contributed by atoms with Crippen LogP contribution >= 0.6 is 0 Å². The Bertz CT molecular complexity index is 731. The number of fused-ring (bicyclic) bond motifs is 1. The molecular weight excluding hydrogens is 292 g/mol. The van der Waals surface area contributed by atoms with Crippen molar-refractivity contribution < 1.29 is 14.3 Å². The Morgan fingerprint density at radius 2 is 1.96 bits per heavy atom. The number of nitrogens with zero attached hydrogens (tertiary/aromatic N) is 2. The summed E-state index contributed by atoms with van der Waals surface area (Å²) in [5, 5.41) is 0. The van der Waals surface area contributed by atoms with Crippen molar-refractivity contribution in [2.45, 2.75) is 26.4 Å². The third kappa shape index (κ3) is 2.86. The molecular formula is C18H20N2O3. The molecule has 3 rings (SSSR count). The van der Waals surface area contributed by atoms with Crippen molar-refractivity contribution in [3.05, 3.63) is 52.8 Å². The van der Waals surface area contributed by atoms with Gasteiger partial charge in [0.2, 0.25) is 0 Å². The van der Waals surface area contributed by atoms with Crippen LogP contribution in [0, 0.1) is 6.92 Å². The predicted molar refractivity (Wildman–Crippen MR) is 86.7 cm³/mol. The van der Waals surface area contributed by atoms with Gasteiger partial charge in [-0.15, -0.1) is 0 Å². The Morgan fingerprint density at radius 3 is 2.61 bits per heavy atom. The van der Waals surface area contributed by atoms with E-state index in [0.717, 1.165) is 35.4 Å². The number of ether oxygens (including phenoxy) is 1. The second-order valence-corrected chi connectivity index (χ2v) is 5.76. The molecule has 1 aliphatic heterocycles. The molecule has 0 radical (unpaired) electrons. The summed E-state index contributed by atoms with van der Waals surface area (Å²) in [5.74, 6) is 0.837. The van der Waals surface area contributed by atoms with E-state index in [1.54, 1.807) is 7.11 Å². The minimum absolute atomic E-state index is 0.0294. The van der Waals surface area contributed by atoms with E-state index in [1.807, 2.05) is 46.7 Å². The number of hydrogen-bond donors (Lipinski definition) is 0. The molecule has 2 heterocycles. The highest BCUT2D eigenvalue weighted by Crippen LogP contribution is 2.23. The van der Waals surface area contributed by atoms with Crippen LogP contribution in [0.15, 0.2) is 30.3 Å². The van der Waals surface area contributed by atoms with Gasteiger partial charge in [0.1, 0.15) is 17.7 Å². The standard InChI is InChI=1S/C18H20N2O3/c1-13-11-15(7-10-21)20-9-8-19(18(22)17(13)20)12-14-3-5-16(23-2)6-4-14/h3-6,10-11H,7-9,12H2,1-2H3. The summed E-state index contributed by atoms with van der Waals surface area (Å²) in [6.07, 6.45) is 1.24. The topological polar surface area (TPSA) is 51.5 Å². The van der Waals surface area contributed by atoms with Crippen LogP contribution in [0.1, 0.15) is 27.3 Å². The van der Waals surface area contributed by atoms with Gasteiger partial charge < -0.3 is 19.0 Å². The fourth-order valence-corrected chi connectivity index (χ4v) is 3.12. The molecule has 120 valence electrons. The lowest BCUT2D eigenvalue weighted by atomic mass is 10.1. The average molecular weight is 312 g/mol. The average Bonchev–Trinajstić information content (AvgIpc) is 2.88. The molecule has 1 amide bonds. The smallest absolute Gasteiger partial charge is 0.271 e. The van der Waals surface area contributed by atoms with E-state index in [0.29, 0.717) is 25.2 Å². The molecule has 0 N–H and O–H groups in total. The van der Waals surface area contributed by atoms with Crippen LogP contribution < -0.4 is 4.74 Å². The predicted octanol–water partition coefficient (Wildman–Crippen LogP) is 2.20. The summed E-state index contributed by atoms with van der Waals surface area (Å²) in [6.45, 7) is 3.89. The number of hydrogen-bond acceptors (Lipinski definition) is 3. The lowest BCUT2D eigenvalue weighted by Gasteiger charge is -2.30. The van der Waals surface area contributed by atoms with E-state index in [-0.39, 0.29) is 5.91 Å². The molecule has 23 heavy (non-hydrogen) atoms. The minimum atomic E-state index is 0.0294. The van der Waals surface area contributed by atoms with Crippen LogP contribution in [0.4, 0.5) is 0 Å². The first-order valence-electron chi connectivity index (χ1n) is 7.69. The Balaban J connectivity index is 1.81. The first-order chi connectivity index (χ1) is 11.1. The molecule has 0 fully saturated rings. The van der Waals surface area contributed by atoms with Gasteiger partial charge in [-0.1, -0.05) is 12.1 Å². The Labute approximate surface area is 135 Å². The molecule has 0 spiro atoms. The van der Waals surface area contributed by atoms with E-state index in [1.165, 1.54) is 0 Å². The highest BCUT2D eigenvalue weighted by atomic mass is 16.5. The van der Waals surface area contributed by atoms with Gasteiger partial charge in [-0.05, 0) is 36.2 Å². The van der Waals surface area contributed by atoms with Gasteiger partial charge in [-0.25, -0.2) is 0 Å². The van der Waals surface area contributed by atoms with Crippen LogP contribution in [-0.4, -0.2) is 35.3 Å². The van der Waals surface area contributed by atoms with Crippen LogP contribution in [-0.2, 0) is 24.3 Å². The normalized spacial score (nSPS) is 13.8. The maximum atomic E-state index is 12.8. The third-order valence-corrected chi connectivity index (χ3v) is 4.28. The van der Waals surface area contributed by atoms with Gasteiger partial charge in [0.15, 0.2) is 0 Å². The SMILES string of the molecule is COc1ccc(CN2CCn3c(CC=O)cc(C)c3C2=O)cc1. The highest BCUT2D eigenvalue weighted by molar-refractivity contribution is 5.95. The number of aldehydes is 1. The van der Waals surface area contributed by atoms with Crippen molar-refractivity contribution >= 4 is 12.2 Å². The summed E-state index contributed by atoms with van der Waals surface area (Å²) in [4.78, 5) is 25.4. The molecule has 0 saturated carbocycles. The van der Waals surface area contributed by atoms with E-state index in [9.17, 15) is 9.59 Å². The molecule has 0 bridgehead atoms. The molecule has 1 aromatic carbocycles. The number of benzene rings is 1. The van der Waals surface area contributed by atoms with Crippen molar-refractivity contribution in [3.8, 4) is 5.75 Å². The largest absolute Gasteiger partial charge is 0.497 e. The second-order valence-electron chi connectivity index (χ2n) is 5.76. The maximum Gasteiger partial charge on any atom is 0.271 e. The number of aromatic nitrogens is 1. The van der Waals surface area contributed by atoms with Gasteiger partial charge in [0.05, 0.1) is 7.11 Å². The molecule has 2 aromatic rings. The van der Waals surface area contributed by atoms with E-state index < -0.39 is 0 Å². The van der Waals surface area contributed by atoms with Crippen molar-refractivity contribution in [2.75, 3.05) is 13.7 Å². The lowest BCUT2D eigenvalue weighted by molar-refractivity contribution is -0.107. The van der Waals surface area contributed by atoms with Crippen LogP contribution in [0.3, 0.4) is 0 Å². The first-order valence-corrected chi connectivity index (χ1v) is 7.69. The Hall–Kier alpha value is -2.56. The van der Waals surface area contributed by atoms with Crippen molar-refractivity contribution in [1.29, 1.82) is 0 Å². The molecule has 0 unspecified atom stereocenters. The quantitative estimate of drug-likeness (QED) is 0.795. The van der Waals surface area contributed by atoms with Gasteiger partial charge in [-0.2, -0.15) is 0 Å².